The lowest BCUT2D eigenvalue weighted by Gasteiger charge is -2.05. The summed E-state index contributed by atoms with van der Waals surface area (Å²) < 4.78 is 38.6. The predicted octanol–water partition coefficient (Wildman–Crippen LogP) is 1.17. The molecule has 0 unspecified atom stereocenters. The molecule has 1 aromatic heterocycles. The third-order valence-corrected chi connectivity index (χ3v) is 3.58. The van der Waals surface area contributed by atoms with Crippen LogP contribution in [-0.2, 0) is 22.3 Å². The van der Waals surface area contributed by atoms with Crippen molar-refractivity contribution in [2.75, 3.05) is 0 Å². The zero-order valence-corrected chi connectivity index (χ0v) is 10.2. The van der Waals surface area contributed by atoms with Gasteiger partial charge in [-0.2, -0.15) is 0 Å². The number of benzene rings is 1. The molecular weight excluding hydrogens is 257 g/mol. The van der Waals surface area contributed by atoms with Crippen LogP contribution in [0.3, 0.4) is 0 Å². The first-order chi connectivity index (χ1) is 8.55. The molecule has 0 aliphatic carbocycles. The van der Waals surface area contributed by atoms with E-state index >= 15 is 0 Å². The molecule has 2 rings (SSSR count). The van der Waals surface area contributed by atoms with Gasteiger partial charge in [0.1, 0.15) is 11.6 Å². The monoisotopic (exact) mass is 269 g/mol. The second-order valence-electron chi connectivity index (χ2n) is 3.74. The van der Waals surface area contributed by atoms with Gasteiger partial charge < -0.3 is 4.98 Å². The first-order valence-corrected chi connectivity index (χ1v) is 6.90. The zero-order valence-electron chi connectivity index (χ0n) is 9.43. The van der Waals surface area contributed by atoms with E-state index in [4.69, 9.17) is 0 Å². The van der Waals surface area contributed by atoms with Crippen molar-refractivity contribution in [3.05, 3.63) is 53.9 Å². The molecule has 2 aromatic rings. The van der Waals surface area contributed by atoms with Gasteiger partial charge in [0.2, 0.25) is 10.0 Å². The van der Waals surface area contributed by atoms with Crippen LogP contribution in [0.2, 0.25) is 0 Å². The zero-order chi connectivity index (χ0) is 13.0. The Morgan fingerprint density at radius 2 is 2.00 bits per heavy atom. The minimum Gasteiger partial charge on any atom is -0.347 e. The Bertz CT molecular complexity index is 594. The Morgan fingerprint density at radius 3 is 2.61 bits per heavy atom. The molecule has 1 heterocycles. The Labute approximate surface area is 104 Å². The van der Waals surface area contributed by atoms with Crippen molar-refractivity contribution in [3.8, 4) is 0 Å². The quantitative estimate of drug-likeness (QED) is 0.855. The van der Waals surface area contributed by atoms with Gasteiger partial charge >= 0.3 is 0 Å². The summed E-state index contributed by atoms with van der Waals surface area (Å²) in [5, 5.41) is 0. The number of nitrogens with zero attached hydrogens (tertiary/aromatic N) is 1. The third kappa shape index (κ3) is 3.64. The number of sulfonamides is 1. The number of halogens is 1. The molecule has 0 saturated carbocycles. The topological polar surface area (TPSA) is 74.8 Å². The van der Waals surface area contributed by atoms with Crippen LogP contribution in [0.4, 0.5) is 4.39 Å². The summed E-state index contributed by atoms with van der Waals surface area (Å²) in [7, 11) is -3.46. The number of imidazole rings is 1. The molecule has 0 radical (unpaired) electrons. The van der Waals surface area contributed by atoms with Crippen LogP contribution in [0, 0.1) is 5.82 Å². The fourth-order valence-corrected chi connectivity index (χ4v) is 2.51. The number of hydrogen-bond donors (Lipinski definition) is 2. The van der Waals surface area contributed by atoms with Gasteiger partial charge in [0.25, 0.3) is 0 Å². The number of nitrogens with one attached hydrogen (secondary N) is 2. The van der Waals surface area contributed by atoms with Crippen LogP contribution in [-0.4, -0.2) is 18.4 Å². The molecule has 1 aromatic carbocycles. The van der Waals surface area contributed by atoms with E-state index in [0.29, 0.717) is 11.4 Å². The van der Waals surface area contributed by atoms with Gasteiger partial charge in [0.05, 0.1) is 12.3 Å². The molecular formula is C11H12FN3O2S. The van der Waals surface area contributed by atoms with Gasteiger partial charge in [-0.05, 0) is 17.7 Å². The average molecular weight is 269 g/mol. The van der Waals surface area contributed by atoms with E-state index in [1.54, 1.807) is 12.4 Å². The standard InChI is InChI=1S/C11H12FN3O2S/c12-10-3-1-9(2-4-10)8-18(16,17)15-7-11-13-5-6-14-11/h1-6,15H,7-8H2,(H,13,14). The van der Waals surface area contributed by atoms with Gasteiger partial charge in [-0.15, -0.1) is 0 Å². The Morgan fingerprint density at radius 1 is 1.28 bits per heavy atom. The Kier molecular flexibility index (Phi) is 3.73. The molecule has 7 heteroatoms. The highest BCUT2D eigenvalue weighted by atomic mass is 32.2. The minimum absolute atomic E-state index is 0.108. The minimum atomic E-state index is -3.46. The van der Waals surface area contributed by atoms with E-state index in [-0.39, 0.29) is 18.1 Å². The van der Waals surface area contributed by atoms with E-state index in [1.807, 2.05) is 0 Å². The molecule has 5 nitrogen and oxygen atoms in total. The Balaban J connectivity index is 1.97. The van der Waals surface area contributed by atoms with Gasteiger partial charge in [0.15, 0.2) is 0 Å². The summed E-state index contributed by atoms with van der Waals surface area (Å²) in [5.74, 6) is -0.0362. The lowest BCUT2D eigenvalue weighted by atomic mass is 10.2. The van der Waals surface area contributed by atoms with E-state index in [0.717, 1.165) is 0 Å². The maximum Gasteiger partial charge on any atom is 0.216 e. The summed E-state index contributed by atoms with van der Waals surface area (Å²) in [6.45, 7) is 0.108. The maximum atomic E-state index is 12.7. The lowest BCUT2D eigenvalue weighted by Crippen LogP contribution is -2.25. The van der Waals surface area contributed by atoms with Gasteiger partial charge in [-0.25, -0.2) is 22.5 Å². The van der Waals surface area contributed by atoms with Gasteiger partial charge in [-0.3, -0.25) is 0 Å². The number of aromatic amines is 1. The highest BCUT2D eigenvalue weighted by molar-refractivity contribution is 7.88. The molecule has 96 valence electrons. The van der Waals surface area contributed by atoms with Crippen molar-refractivity contribution in [1.29, 1.82) is 0 Å². The molecule has 0 aliphatic rings. The summed E-state index contributed by atoms with van der Waals surface area (Å²) in [6.07, 6.45) is 3.16. The summed E-state index contributed by atoms with van der Waals surface area (Å²) >= 11 is 0. The van der Waals surface area contributed by atoms with E-state index in [1.165, 1.54) is 24.3 Å². The number of hydrogen-bond acceptors (Lipinski definition) is 3. The molecule has 18 heavy (non-hydrogen) atoms. The molecule has 0 aliphatic heterocycles. The smallest absolute Gasteiger partial charge is 0.216 e. The molecule has 0 fully saturated rings. The predicted molar refractivity (Wildman–Crippen MR) is 64.5 cm³/mol. The van der Waals surface area contributed by atoms with Gasteiger partial charge in [-0.1, -0.05) is 12.1 Å². The first kappa shape index (κ1) is 12.7. The van der Waals surface area contributed by atoms with Crippen LogP contribution in [0.25, 0.3) is 0 Å². The molecule has 0 saturated heterocycles. The van der Waals surface area contributed by atoms with Crippen LogP contribution < -0.4 is 4.72 Å². The number of aromatic nitrogens is 2. The van der Waals surface area contributed by atoms with Crippen LogP contribution in [0.15, 0.2) is 36.7 Å². The average Bonchev–Trinajstić information content (AvgIpc) is 2.83. The number of rotatable bonds is 5. The van der Waals surface area contributed by atoms with Crippen LogP contribution >= 0.6 is 0 Å². The second-order valence-corrected chi connectivity index (χ2v) is 5.55. The van der Waals surface area contributed by atoms with Crippen molar-refractivity contribution in [2.45, 2.75) is 12.3 Å². The van der Waals surface area contributed by atoms with E-state index in [2.05, 4.69) is 14.7 Å². The summed E-state index contributed by atoms with van der Waals surface area (Å²) in [6, 6.07) is 5.36. The van der Waals surface area contributed by atoms with Crippen LogP contribution in [0.5, 0.6) is 0 Å². The van der Waals surface area contributed by atoms with E-state index in [9.17, 15) is 12.8 Å². The van der Waals surface area contributed by atoms with Crippen molar-refractivity contribution < 1.29 is 12.8 Å². The van der Waals surface area contributed by atoms with Gasteiger partial charge in [0, 0.05) is 12.4 Å². The van der Waals surface area contributed by atoms with Crippen molar-refractivity contribution in [3.63, 3.8) is 0 Å². The van der Waals surface area contributed by atoms with Crippen molar-refractivity contribution in [1.82, 2.24) is 14.7 Å². The summed E-state index contributed by atoms with van der Waals surface area (Å²) in [4.78, 5) is 6.70. The van der Waals surface area contributed by atoms with E-state index < -0.39 is 10.0 Å². The fraction of sp³-hybridized carbons (Fsp3) is 0.182. The molecule has 0 spiro atoms. The normalized spacial score (nSPS) is 11.6. The lowest BCUT2D eigenvalue weighted by molar-refractivity contribution is 0.578. The fourth-order valence-electron chi connectivity index (χ4n) is 1.42. The highest BCUT2D eigenvalue weighted by Crippen LogP contribution is 2.06. The number of H-pyrrole nitrogens is 1. The Hall–Kier alpha value is -1.73. The molecule has 0 bridgehead atoms. The summed E-state index contributed by atoms with van der Waals surface area (Å²) in [5.41, 5.74) is 0.531. The maximum absolute atomic E-state index is 12.7. The second kappa shape index (κ2) is 5.28. The van der Waals surface area contributed by atoms with Crippen LogP contribution in [0.1, 0.15) is 11.4 Å². The third-order valence-electron chi connectivity index (χ3n) is 2.28. The first-order valence-electron chi connectivity index (χ1n) is 5.25. The van der Waals surface area contributed by atoms with Crippen molar-refractivity contribution >= 4 is 10.0 Å². The highest BCUT2D eigenvalue weighted by Gasteiger charge is 2.11. The molecule has 0 amide bonds. The SMILES string of the molecule is O=S(=O)(Cc1ccc(F)cc1)NCc1ncc[nH]1. The molecule has 2 N–H and O–H groups in total. The largest absolute Gasteiger partial charge is 0.347 e. The molecule has 0 atom stereocenters. The van der Waals surface area contributed by atoms with Crippen molar-refractivity contribution in [2.24, 2.45) is 0 Å².